The molecular formula is H4FNO2. The average molecular weight is 69.0 g/mol. The highest BCUT2D eigenvalue weighted by Crippen LogP contribution is 0.931. The van der Waals surface area contributed by atoms with Crippen LogP contribution in [0.25, 0.3) is 0 Å². The highest BCUT2D eigenvalue weighted by atomic mass is 19.0. The molecule has 0 bridgehead atoms. The molecule has 0 aliphatic rings. The largest absolute Gasteiger partial charge is 0.292 e. The summed E-state index contributed by atoms with van der Waals surface area (Å²) >= 11 is 0. The maximum Gasteiger partial charge on any atom is -0.0853 e. The molecule has 0 aliphatic carbocycles. The van der Waals surface area contributed by atoms with Crippen LogP contribution in [0.4, 0.5) is 4.70 Å². The van der Waals surface area contributed by atoms with Gasteiger partial charge in [0.15, 0.2) is 0 Å². The van der Waals surface area contributed by atoms with Crippen LogP contribution in [-0.4, -0.2) is 10.4 Å². The minimum Gasteiger partial charge on any atom is -0.292 e. The minimum atomic E-state index is 0. The molecule has 0 aromatic rings. The second-order valence-electron chi connectivity index (χ2n) is 0.100. The predicted molar refractivity (Wildman–Crippen MR) is 9.21 cm³/mol. The first-order valence-electron chi connectivity index (χ1n) is 0.447. The molecule has 0 aromatic carbocycles. The molecule has 0 fully saturated rings. The van der Waals surface area contributed by atoms with E-state index in [1.165, 1.54) is 0 Å². The van der Waals surface area contributed by atoms with Gasteiger partial charge in [-0.3, -0.25) is 15.1 Å². The number of halogens is 1. The third kappa shape index (κ3) is 32.9. The summed E-state index contributed by atoms with van der Waals surface area (Å²) in [5, 5.41) is 13.8. The lowest BCUT2D eigenvalue weighted by Crippen LogP contribution is -1.93. The highest BCUT2D eigenvalue weighted by Gasteiger charge is 1.23. The fourth-order valence-corrected chi connectivity index (χ4v) is 0. The molecule has 0 saturated heterocycles. The van der Waals surface area contributed by atoms with E-state index >= 15 is 0 Å². The van der Waals surface area contributed by atoms with Crippen molar-refractivity contribution in [2.45, 2.75) is 0 Å². The fraction of sp³-hybridized carbons (Fsp3) is 0. The summed E-state index contributed by atoms with van der Waals surface area (Å²) in [7, 11) is 0. The van der Waals surface area contributed by atoms with Crippen molar-refractivity contribution in [1.82, 2.24) is 5.64 Å². The van der Waals surface area contributed by atoms with Crippen LogP contribution < -0.4 is 5.64 Å². The van der Waals surface area contributed by atoms with E-state index in [1.807, 2.05) is 0 Å². The molecule has 28 valence electrons. The van der Waals surface area contributed by atoms with Gasteiger partial charge >= 0.3 is 0 Å². The Kier molecular flexibility index (Phi) is 32.2. The lowest BCUT2D eigenvalue weighted by atomic mass is 13.3. The lowest BCUT2D eigenvalue weighted by molar-refractivity contribution is -0.0678. The van der Waals surface area contributed by atoms with Gasteiger partial charge in [0, 0.05) is 0 Å². The third-order valence-corrected chi connectivity index (χ3v) is 0. The molecule has 0 amide bonds. The second-order valence-corrected chi connectivity index (χ2v) is 0.100. The molecule has 0 radical (unpaired) electrons. The molecule has 4 heavy (non-hydrogen) atoms. The number of nitrogens with one attached hydrogen (secondary N) is 1. The van der Waals surface area contributed by atoms with Gasteiger partial charge in [-0.05, 0) is 0 Å². The Morgan fingerprint density at radius 3 is 1.25 bits per heavy atom. The monoisotopic (exact) mass is 69.0 g/mol. The number of hydrogen-bond acceptors (Lipinski definition) is 3. The first-order valence-corrected chi connectivity index (χ1v) is 0.447. The van der Waals surface area contributed by atoms with Gasteiger partial charge in [-0.1, -0.05) is 5.64 Å². The van der Waals surface area contributed by atoms with E-state index in [1.54, 1.807) is 0 Å². The van der Waals surface area contributed by atoms with E-state index < -0.39 is 0 Å². The smallest absolute Gasteiger partial charge is 0.0853 e. The SMILES string of the molecule is F.ONO. The van der Waals surface area contributed by atoms with E-state index in [9.17, 15) is 0 Å². The van der Waals surface area contributed by atoms with Gasteiger partial charge in [0.25, 0.3) is 0 Å². The first kappa shape index (κ1) is 9.18. The molecule has 0 unspecified atom stereocenters. The first-order chi connectivity index (χ1) is 1.41. The molecule has 0 saturated carbocycles. The van der Waals surface area contributed by atoms with Gasteiger partial charge in [0.1, 0.15) is 0 Å². The maximum atomic E-state index is 6.88. The summed E-state index contributed by atoms with van der Waals surface area (Å²) in [6.45, 7) is 0. The van der Waals surface area contributed by atoms with Crippen LogP contribution in [0.2, 0.25) is 0 Å². The molecule has 3 nitrogen and oxygen atoms in total. The Labute approximate surface area is 22.1 Å². The van der Waals surface area contributed by atoms with Gasteiger partial charge < -0.3 is 0 Å². The predicted octanol–water partition coefficient (Wildman–Crippen LogP) is -0.493. The molecule has 0 aliphatic heterocycles. The van der Waals surface area contributed by atoms with Crippen molar-refractivity contribution in [3.8, 4) is 0 Å². The van der Waals surface area contributed by atoms with Crippen LogP contribution in [0, 0.1) is 0 Å². The van der Waals surface area contributed by atoms with Crippen LogP contribution in [0.1, 0.15) is 0 Å². The molecule has 4 heteroatoms. The van der Waals surface area contributed by atoms with Crippen molar-refractivity contribution in [2.24, 2.45) is 0 Å². The zero-order chi connectivity index (χ0) is 2.71. The van der Waals surface area contributed by atoms with Crippen LogP contribution in [0.15, 0.2) is 0 Å². The van der Waals surface area contributed by atoms with Gasteiger partial charge in [-0.25, -0.2) is 0 Å². The molecule has 0 rings (SSSR count). The Morgan fingerprint density at radius 2 is 1.25 bits per heavy atom. The topological polar surface area (TPSA) is 52.5 Å². The Bertz CT molecular complexity index is 6.00. The van der Waals surface area contributed by atoms with Crippen molar-refractivity contribution < 1.29 is 15.1 Å². The zero-order valence-electron chi connectivity index (χ0n) is 1.80. The molecule has 0 atom stereocenters. The van der Waals surface area contributed by atoms with Crippen molar-refractivity contribution in [2.75, 3.05) is 0 Å². The van der Waals surface area contributed by atoms with E-state index in [2.05, 4.69) is 0 Å². The van der Waals surface area contributed by atoms with E-state index in [0.717, 1.165) is 5.64 Å². The lowest BCUT2D eigenvalue weighted by Gasteiger charge is -1.61. The Balaban J connectivity index is 0. The summed E-state index contributed by atoms with van der Waals surface area (Å²) in [5.74, 6) is 0. The summed E-state index contributed by atoms with van der Waals surface area (Å²) in [6.07, 6.45) is 0. The molecule has 0 aromatic heterocycles. The van der Waals surface area contributed by atoms with Crippen molar-refractivity contribution in [3.63, 3.8) is 0 Å². The molecular weight excluding hydrogens is 65.0 g/mol. The molecule has 0 heterocycles. The van der Waals surface area contributed by atoms with Crippen LogP contribution in [-0.2, 0) is 0 Å². The van der Waals surface area contributed by atoms with Crippen LogP contribution >= 0.6 is 0 Å². The molecule has 3 N–H and O–H groups in total. The van der Waals surface area contributed by atoms with Gasteiger partial charge in [0.05, 0.1) is 0 Å². The standard InChI is InChI=1S/FH.H3NO2/c;2-1-3/h1H;1-3H. The number of rotatable bonds is 0. The second kappa shape index (κ2) is 14.0. The van der Waals surface area contributed by atoms with Gasteiger partial charge in [-0.15, -0.1) is 0 Å². The molecule has 0 spiro atoms. The summed E-state index contributed by atoms with van der Waals surface area (Å²) in [4.78, 5) is 0. The van der Waals surface area contributed by atoms with E-state index in [4.69, 9.17) is 10.4 Å². The van der Waals surface area contributed by atoms with Gasteiger partial charge in [0.2, 0.25) is 0 Å². The van der Waals surface area contributed by atoms with Crippen molar-refractivity contribution >= 4 is 0 Å². The number of hydrogen-bond donors (Lipinski definition) is 3. The van der Waals surface area contributed by atoms with Crippen LogP contribution in [0.3, 0.4) is 0 Å². The van der Waals surface area contributed by atoms with Crippen molar-refractivity contribution in [1.29, 1.82) is 0 Å². The Hall–Kier alpha value is -0.190. The Morgan fingerprint density at radius 1 is 1.25 bits per heavy atom. The maximum absolute atomic E-state index is 6.88. The average Bonchev–Trinajstić information content (AvgIpc) is 0.918. The third-order valence-electron chi connectivity index (χ3n) is 0. The minimum absolute atomic E-state index is 0. The summed E-state index contributed by atoms with van der Waals surface area (Å²) in [5.41, 5.74) is 0.750. The normalized spacial score (nSPS) is 4.50. The van der Waals surface area contributed by atoms with Crippen LogP contribution in [0.5, 0.6) is 0 Å². The van der Waals surface area contributed by atoms with Crippen molar-refractivity contribution in [3.05, 3.63) is 0 Å². The van der Waals surface area contributed by atoms with E-state index in [-0.39, 0.29) is 4.70 Å². The quantitative estimate of drug-likeness (QED) is 0.336. The van der Waals surface area contributed by atoms with Gasteiger partial charge in [-0.2, -0.15) is 0 Å². The van der Waals surface area contributed by atoms with E-state index in [0.29, 0.717) is 0 Å². The highest BCUT2D eigenvalue weighted by molar-refractivity contribution is 3.07. The fourth-order valence-electron chi connectivity index (χ4n) is 0. The zero-order valence-corrected chi connectivity index (χ0v) is 1.80. The summed E-state index contributed by atoms with van der Waals surface area (Å²) in [6, 6.07) is 0. The summed E-state index contributed by atoms with van der Waals surface area (Å²) < 4.78 is 0.